The zero-order valence-corrected chi connectivity index (χ0v) is 17.9. The summed E-state index contributed by atoms with van der Waals surface area (Å²) in [6, 6.07) is 25.2. The van der Waals surface area contributed by atoms with Crippen molar-refractivity contribution in [3.05, 3.63) is 94.8 Å². The van der Waals surface area contributed by atoms with Crippen LogP contribution >= 0.6 is 22.9 Å². The second kappa shape index (κ2) is 9.16. The molecule has 0 atom stereocenters. The third-order valence-electron chi connectivity index (χ3n) is 4.71. The fourth-order valence-electron chi connectivity index (χ4n) is 3.22. The molecule has 0 fully saturated rings. The molecule has 0 radical (unpaired) electrons. The van der Waals surface area contributed by atoms with E-state index in [1.165, 1.54) is 7.11 Å². The average molecular weight is 435 g/mol. The van der Waals surface area contributed by atoms with Crippen LogP contribution < -0.4 is 4.74 Å². The van der Waals surface area contributed by atoms with E-state index in [2.05, 4.69) is 5.38 Å². The predicted octanol–water partition coefficient (Wildman–Crippen LogP) is 7.24. The lowest BCUT2D eigenvalue weighted by Gasteiger charge is -2.10. The number of hydrogen-bond acceptors (Lipinski definition) is 4. The first-order valence-electron chi connectivity index (χ1n) is 9.41. The van der Waals surface area contributed by atoms with E-state index in [9.17, 15) is 4.79 Å². The van der Waals surface area contributed by atoms with Gasteiger partial charge in [-0.3, -0.25) is 4.79 Å². The van der Waals surface area contributed by atoms with E-state index >= 15 is 0 Å². The Bertz CT molecular complexity index is 1150. The molecule has 0 saturated heterocycles. The van der Waals surface area contributed by atoms with E-state index < -0.39 is 0 Å². The third kappa shape index (κ3) is 4.40. The summed E-state index contributed by atoms with van der Waals surface area (Å²) < 4.78 is 10.8. The van der Waals surface area contributed by atoms with Gasteiger partial charge in [0.15, 0.2) is 0 Å². The number of benzene rings is 3. The Morgan fingerprint density at radius 1 is 0.867 bits per heavy atom. The molecule has 3 aromatic carbocycles. The van der Waals surface area contributed by atoms with Gasteiger partial charge in [-0.15, -0.1) is 11.3 Å². The van der Waals surface area contributed by atoms with E-state index in [1.807, 2.05) is 78.9 Å². The summed E-state index contributed by atoms with van der Waals surface area (Å²) in [5.74, 6) is 1.25. The highest BCUT2D eigenvalue weighted by Crippen LogP contribution is 2.41. The minimum Gasteiger partial charge on any atom is -0.469 e. The van der Waals surface area contributed by atoms with Gasteiger partial charge in [-0.2, -0.15) is 0 Å². The summed E-state index contributed by atoms with van der Waals surface area (Å²) in [6.45, 7) is 0. The maximum Gasteiger partial charge on any atom is 0.310 e. The molecule has 4 rings (SSSR count). The molecule has 1 heterocycles. The van der Waals surface area contributed by atoms with Crippen LogP contribution in [-0.2, 0) is 16.0 Å². The number of esters is 1. The number of hydrogen-bond donors (Lipinski definition) is 0. The Morgan fingerprint density at radius 3 is 2.23 bits per heavy atom. The minimum atomic E-state index is -0.285. The van der Waals surface area contributed by atoms with Gasteiger partial charge >= 0.3 is 5.97 Å². The monoisotopic (exact) mass is 434 g/mol. The number of methoxy groups -OCH3 is 1. The van der Waals surface area contributed by atoms with Crippen LogP contribution in [0.3, 0.4) is 0 Å². The van der Waals surface area contributed by atoms with Gasteiger partial charge in [0.1, 0.15) is 11.5 Å². The van der Waals surface area contributed by atoms with Crippen molar-refractivity contribution in [2.45, 2.75) is 6.42 Å². The van der Waals surface area contributed by atoms with Crippen LogP contribution in [0.25, 0.3) is 21.6 Å². The lowest BCUT2D eigenvalue weighted by Crippen LogP contribution is -2.05. The number of rotatable bonds is 6. The average Bonchev–Trinajstić information content (AvgIpc) is 3.18. The van der Waals surface area contributed by atoms with Gasteiger partial charge in [0.25, 0.3) is 0 Å². The molecule has 0 unspecified atom stereocenters. The molecule has 0 spiro atoms. The molecule has 150 valence electrons. The molecule has 1 aromatic heterocycles. The molecule has 3 nitrogen and oxygen atoms in total. The Morgan fingerprint density at radius 2 is 1.53 bits per heavy atom. The quantitative estimate of drug-likeness (QED) is 0.300. The highest BCUT2D eigenvalue weighted by molar-refractivity contribution is 7.14. The van der Waals surface area contributed by atoms with E-state index in [1.54, 1.807) is 11.3 Å². The molecule has 0 aliphatic carbocycles. The van der Waals surface area contributed by atoms with Crippen LogP contribution in [0.1, 0.15) is 5.56 Å². The van der Waals surface area contributed by atoms with Crippen LogP contribution in [0.5, 0.6) is 11.5 Å². The molecule has 0 amide bonds. The standard InChI is InChI=1S/C25H19ClO3S/c1-28-24(27)15-21-22(16-30-25(21)20-9-5-6-10-23(20)26)17-11-13-19(14-12-17)29-18-7-3-2-4-8-18/h2-14,16H,15H2,1H3. The lowest BCUT2D eigenvalue weighted by atomic mass is 9.98. The molecule has 0 bridgehead atoms. The number of para-hydroxylation sites is 1. The van der Waals surface area contributed by atoms with Crippen molar-refractivity contribution in [3.8, 4) is 33.1 Å². The minimum absolute atomic E-state index is 0.179. The lowest BCUT2D eigenvalue weighted by molar-refractivity contribution is -0.139. The molecule has 0 aliphatic rings. The normalized spacial score (nSPS) is 10.6. The summed E-state index contributed by atoms with van der Waals surface area (Å²) in [5, 5.41) is 2.72. The van der Waals surface area contributed by atoms with Crippen LogP contribution in [0.2, 0.25) is 5.02 Å². The molecular formula is C25H19ClO3S. The van der Waals surface area contributed by atoms with Crippen LogP contribution in [-0.4, -0.2) is 13.1 Å². The van der Waals surface area contributed by atoms with Crippen molar-refractivity contribution in [2.24, 2.45) is 0 Å². The van der Waals surface area contributed by atoms with Gasteiger partial charge in [0.05, 0.1) is 13.5 Å². The molecule has 0 saturated carbocycles. The predicted molar refractivity (Wildman–Crippen MR) is 122 cm³/mol. The van der Waals surface area contributed by atoms with E-state index in [0.29, 0.717) is 5.02 Å². The fraction of sp³-hybridized carbons (Fsp3) is 0.0800. The maximum absolute atomic E-state index is 12.1. The van der Waals surface area contributed by atoms with E-state index in [0.717, 1.165) is 38.6 Å². The Balaban J connectivity index is 1.69. The Kier molecular flexibility index (Phi) is 6.17. The first-order chi connectivity index (χ1) is 14.7. The topological polar surface area (TPSA) is 35.5 Å². The molecule has 30 heavy (non-hydrogen) atoms. The third-order valence-corrected chi connectivity index (χ3v) is 6.09. The van der Waals surface area contributed by atoms with Crippen LogP contribution in [0, 0.1) is 0 Å². The highest BCUT2D eigenvalue weighted by atomic mass is 35.5. The SMILES string of the molecule is COC(=O)Cc1c(-c2ccc(Oc3ccccc3)cc2)csc1-c1ccccc1Cl. The molecule has 0 aliphatic heterocycles. The number of thiophene rings is 1. The van der Waals surface area contributed by atoms with Gasteiger partial charge in [0.2, 0.25) is 0 Å². The zero-order valence-electron chi connectivity index (χ0n) is 16.3. The summed E-state index contributed by atoms with van der Waals surface area (Å²) >= 11 is 8.00. The molecular weight excluding hydrogens is 416 g/mol. The van der Waals surface area contributed by atoms with Crippen molar-refractivity contribution < 1.29 is 14.3 Å². The smallest absolute Gasteiger partial charge is 0.310 e. The van der Waals surface area contributed by atoms with Gasteiger partial charge < -0.3 is 9.47 Å². The highest BCUT2D eigenvalue weighted by Gasteiger charge is 2.19. The number of carbonyl (C=O) groups excluding carboxylic acids is 1. The van der Waals surface area contributed by atoms with Crippen LogP contribution in [0.4, 0.5) is 0 Å². The Hall–Kier alpha value is -3.08. The van der Waals surface area contributed by atoms with Gasteiger partial charge in [-0.25, -0.2) is 0 Å². The second-order valence-corrected chi connectivity index (χ2v) is 7.92. The first kappa shape index (κ1) is 20.2. The molecule has 4 aromatic rings. The van der Waals surface area contributed by atoms with Crippen molar-refractivity contribution in [1.82, 2.24) is 0 Å². The number of carbonyl (C=O) groups is 1. The zero-order chi connectivity index (χ0) is 20.9. The molecule has 5 heteroatoms. The number of ether oxygens (including phenoxy) is 2. The first-order valence-corrected chi connectivity index (χ1v) is 10.7. The number of halogens is 1. The van der Waals surface area contributed by atoms with Gasteiger partial charge in [-0.05, 0) is 52.4 Å². The van der Waals surface area contributed by atoms with Gasteiger partial charge in [-0.1, -0.05) is 60.1 Å². The second-order valence-electron chi connectivity index (χ2n) is 6.63. The molecule has 0 N–H and O–H groups in total. The summed E-state index contributed by atoms with van der Waals surface area (Å²) in [5.41, 5.74) is 3.82. The van der Waals surface area contributed by atoms with E-state index in [-0.39, 0.29) is 12.4 Å². The van der Waals surface area contributed by atoms with E-state index in [4.69, 9.17) is 21.1 Å². The largest absolute Gasteiger partial charge is 0.469 e. The van der Waals surface area contributed by atoms with Crippen LogP contribution in [0.15, 0.2) is 84.2 Å². The summed E-state index contributed by atoms with van der Waals surface area (Å²) in [7, 11) is 1.40. The van der Waals surface area contributed by atoms with Crippen molar-refractivity contribution in [3.63, 3.8) is 0 Å². The fourth-order valence-corrected chi connectivity index (χ4v) is 4.64. The summed E-state index contributed by atoms with van der Waals surface area (Å²) in [6.07, 6.45) is 0.179. The van der Waals surface area contributed by atoms with Crippen molar-refractivity contribution in [2.75, 3.05) is 7.11 Å². The van der Waals surface area contributed by atoms with Crippen molar-refractivity contribution >= 4 is 28.9 Å². The summed E-state index contributed by atoms with van der Waals surface area (Å²) in [4.78, 5) is 13.1. The van der Waals surface area contributed by atoms with Crippen molar-refractivity contribution in [1.29, 1.82) is 0 Å². The maximum atomic E-state index is 12.1. The Labute approximate surface area is 184 Å². The van der Waals surface area contributed by atoms with Gasteiger partial charge in [0, 0.05) is 15.5 Å².